The predicted molar refractivity (Wildman–Crippen MR) is 93.5 cm³/mol. The zero-order valence-electron chi connectivity index (χ0n) is 14.6. The van der Waals surface area contributed by atoms with E-state index in [4.69, 9.17) is 0 Å². The molecule has 1 aliphatic rings. The molecule has 7 heteroatoms. The molecule has 0 spiro atoms. The number of nitrogens with one attached hydrogen (secondary N) is 1. The van der Waals surface area contributed by atoms with Gasteiger partial charge in [-0.2, -0.15) is 0 Å². The summed E-state index contributed by atoms with van der Waals surface area (Å²) in [6, 6.07) is 11.4. The highest BCUT2D eigenvalue weighted by Gasteiger charge is 2.29. The Labute approximate surface area is 155 Å². The van der Waals surface area contributed by atoms with Crippen molar-refractivity contribution in [3.05, 3.63) is 71.0 Å². The summed E-state index contributed by atoms with van der Waals surface area (Å²) in [4.78, 5) is 25.9. The molecule has 1 fully saturated rings. The molecule has 0 aliphatic carbocycles. The molecular formula is C20H19F3N2O2. The second kappa shape index (κ2) is 8.24. The van der Waals surface area contributed by atoms with E-state index in [0.717, 1.165) is 18.1 Å². The Morgan fingerprint density at radius 3 is 2.56 bits per heavy atom. The van der Waals surface area contributed by atoms with Gasteiger partial charge in [-0.3, -0.25) is 9.59 Å². The van der Waals surface area contributed by atoms with E-state index < -0.39 is 28.9 Å². The van der Waals surface area contributed by atoms with Crippen molar-refractivity contribution in [3.63, 3.8) is 0 Å². The van der Waals surface area contributed by atoms with Gasteiger partial charge in [0.25, 0.3) is 5.91 Å². The van der Waals surface area contributed by atoms with E-state index in [1.165, 1.54) is 0 Å². The lowest BCUT2D eigenvalue weighted by atomic mass is 10.1. The molecule has 2 aromatic rings. The summed E-state index contributed by atoms with van der Waals surface area (Å²) < 4.78 is 39.8. The lowest BCUT2D eigenvalue weighted by molar-refractivity contribution is -0.127. The first kappa shape index (κ1) is 18.9. The maximum Gasteiger partial charge on any atom is 0.254 e. The number of hydrogen-bond donors (Lipinski definition) is 1. The highest BCUT2D eigenvalue weighted by atomic mass is 19.2. The summed E-state index contributed by atoms with van der Waals surface area (Å²) in [6.07, 6.45) is 1.03. The third-order valence-corrected chi connectivity index (χ3v) is 4.64. The quantitative estimate of drug-likeness (QED) is 0.788. The van der Waals surface area contributed by atoms with Crippen molar-refractivity contribution in [2.75, 3.05) is 19.6 Å². The van der Waals surface area contributed by atoms with E-state index in [2.05, 4.69) is 5.32 Å². The van der Waals surface area contributed by atoms with Crippen LogP contribution in [-0.2, 0) is 11.2 Å². The minimum absolute atomic E-state index is 0.00388. The molecule has 0 radical (unpaired) electrons. The van der Waals surface area contributed by atoms with E-state index in [0.29, 0.717) is 19.2 Å². The lowest BCUT2D eigenvalue weighted by Crippen LogP contribution is -2.32. The molecule has 0 aromatic heterocycles. The van der Waals surface area contributed by atoms with Crippen LogP contribution in [0.4, 0.5) is 13.2 Å². The van der Waals surface area contributed by atoms with Gasteiger partial charge >= 0.3 is 0 Å². The zero-order chi connectivity index (χ0) is 19.4. The Kier molecular flexibility index (Phi) is 5.78. The van der Waals surface area contributed by atoms with Gasteiger partial charge in [0.15, 0.2) is 17.5 Å². The van der Waals surface area contributed by atoms with Crippen molar-refractivity contribution in [2.24, 2.45) is 5.92 Å². The molecule has 3 rings (SSSR count). The molecule has 1 heterocycles. The van der Waals surface area contributed by atoms with E-state index in [9.17, 15) is 22.8 Å². The van der Waals surface area contributed by atoms with Gasteiger partial charge in [0.2, 0.25) is 5.91 Å². The molecule has 0 saturated carbocycles. The van der Waals surface area contributed by atoms with Crippen LogP contribution in [0.2, 0.25) is 0 Å². The normalized spacial score (nSPS) is 16.6. The molecule has 1 saturated heterocycles. The molecule has 142 valence electrons. The number of amides is 2. The standard InChI is InChI=1S/C20H19F3N2O2/c21-16-7-6-15(18(22)19(16)23)20(27)24-11-14-10-17(26)25(12-14)9-8-13-4-2-1-3-5-13/h1-7,14H,8-12H2,(H,24,27). The topological polar surface area (TPSA) is 49.4 Å². The fourth-order valence-electron chi connectivity index (χ4n) is 3.15. The third kappa shape index (κ3) is 4.48. The molecule has 1 N–H and O–H groups in total. The van der Waals surface area contributed by atoms with E-state index >= 15 is 0 Å². The fourth-order valence-corrected chi connectivity index (χ4v) is 3.15. The molecule has 2 amide bonds. The second-order valence-corrected chi connectivity index (χ2v) is 6.58. The number of carbonyl (C=O) groups is 2. The molecule has 0 bridgehead atoms. The SMILES string of the molecule is O=C(NCC1CC(=O)N(CCc2ccccc2)C1)c1ccc(F)c(F)c1F. The number of nitrogens with zero attached hydrogens (tertiary/aromatic N) is 1. The number of likely N-dealkylation sites (tertiary alicyclic amines) is 1. The first-order chi connectivity index (χ1) is 13.0. The molecule has 27 heavy (non-hydrogen) atoms. The monoisotopic (exact) mass is 376 g/mol. The highest BCUT2D eigenvalue weighted by molar-refractivity contribution is 5.94. The Hall–Kier alpha value is -2.83. The Morgan fingerprint density at radius 1 is 1.07 bits per heavy atom. The summed E-state index contributed by atoms with van der Waals surface area (Å²) >= 11 is 0. The van der Waals surface area contributed by atoms with Crippen LogP contribution < -0.4 is 5.32 Å². The van der Waals surface area contributed by atoms with Crippen molar-refractivity contribution in [3.8, 4) is 0 Å². The van der Waals surface area contributed by atoms with Crippen LogP contribution >= 0.6 is 0 Å². The van der Waals surface area contributed by atoms with Gasteiger partial charge in [-0.1, -0.05) is 30.3 Å². The van der Waals surface area contributed by atoms with Crippen LogP contribution in [0.1, 0.15) is 22.3 Å². The van der Waals surface area contributed by atoms with Crippen LogP contribution in [0.15, 0.2) is 42.5 Å². The molecule has 1 unspecified atom stereocenters. The van der Waals surface area contributed by atoms with E-state index in [1.807, 2.05) is 30.3 Å². The van der Waals surface area contributed by atoms with E-state index in [1.54, 1.807) is 4.90 Å². The van der Waals surface area contributed by atoms with Gasteiger partial charge in [-0.25, -0.2) is 13.2 Å². The molecule has 1 aliphatic heterocycles. The van der Waals surface area contributed by atoms with Crippen LogP contribution in [0.25, 0.3) is 0 Å². The van der Waals surface area contributed by atoms with Crippen LogP contribution in [0, 0.1) is 23.4 Å². The molecule has 2 aromatic carbocycles. The van der Waals surface area contributed by atoms with Crippen LogP contribution in [0.3, 0.4) is 0 Å². The van der Waals surface area contributed by atoms with Gasteiger partial charge < -0.3 is 10.2 Å². The maximum absolute atomic E-state index is 13.7. The minimum atomic E-state index is -1.68. The second-order valence-electron chi connectivity index (χ2n) is 6.58. The first-order valence-corrected chi connectivity index (χ1v) is 8.69. The number of halogens is 3. The van der Waals surface area contributed by atoms with Crippen molar-refractivity contribution >= 4 is 11.8 Å². The minimum Gasteiger partial charge on any atom is -0.352 e. The number of benzene rings is 2. The lowest BCUT2D eigenvalue weighted by Gasteiger charge is -2.17. The van der Waals surface area contributed by atoms with Crippen LogP contribution in [-0.4, -0.2) is 36.3 Å². The summed E-state index contributed by atoms with van der Waals surface area (Å²) in [5.41, 5.74) is 0.579. The van der Waals surface area contributed by atoms with Crippen LogP contribution in [0.5, 0.6) is 0 Å². The first-order valence-electron chi connectivity index (χ1n) is 8.69. The van der Waals surface area contributed by atoms with Crippen molar-refractivity contribution < 1.29 is 22.8 Å². The number of rotatable bonds is 6. The summed E-state index contributed by atoms with van der Waals surface area (Å²) in [5.74, 6) is -5.47. The summed E-state index contributed by atoms with van der Waals surface area (Å²) in [6.45, 7) is 1.24. The fraction of sp³-hybridized carbons (Fsp3) is 0.300. The predicted octanol–water partition coefficient (Wildman–Crippen LogP) is 2.92. The zero-order valence-corrected chi connectivity index (χ0v) is 14.6. The van der Waals surface area contributed by atoms with Gasteiger partial charge in [0.05, 0.1) is 5.56 Å². The Balaban J connectivity index is 1.51. The molecule has 1 atom stereocenters. The smallest absolute Gasteiger partial charge is 0.254 e. The highest BCUT2D eigenvalue weighted by Crippen LogP contribution is 2.19. The third-order valence-electron chi connectivity index (χ3n) is 4.64. The molecular weight excluding hydrogens is 357 g/mol. The van der Waals surface area contributed by atoms with Gasteiger partial charge in [0.1, 0.15) is 0 Å². The maximum atomic E-state index is 13.7. The van der Waals surface area contributed by atoms with Crippen molar-refractivity contribution in [1.29, 1.82) is 0 Å². The largest absolute Gasteiger partial charge is 0.352 e. The van der Waals surface area contributed by atoms with Gasteiger partial charge in [-0.05, 0) is 24.1 Å². The number of carbonyl (C=O) groups excluding carboxylic acids is 2. The average molecular weight is 376 g/mol. The number of hydrogen-bond acceptors (Lipinski definition) is 2. The van der Waals surface area contributed by atoms with Gasteiger partial charge in [0, 0.05) is 32.0 Å². The molecule has 4 nitrogen and oxygen atoms in total. The Morgan fingerprint density at radius 2 is 1.81 bits per heavy atom. The average Bonchev–Trinajstić information content (AvgIpc) is 3.03. The van der Waals surface area contributed by atoms with Gasteiger partial charge in [-0.15, -0.1) is 0 Å². The summed E-state index contributed by atoms with van der Waals surface area (Å²) in [7, 11) is 0. The van der Waals surface area contributed by atoms with E-state index in [-0.39, 0.29) is 24.8 Å². The summed E-state index contributed by atoms with van der Waals surface area (Å²) in [5, 5.41) is 2.50. The Bertz CT molecular complexity index is 843. The van der Waals surface area contributed by atoms with Crippen molar-refractivity contribution in [1.82, 2.24) is 10.2 Å². The van der Waals surface area contributed by atoms with Crippen molar-refractivity contribution in [2.45, 2.75) is 12.8 Å².